The zero-order valence-electron chi connectivity index (χ0n) is 33.9. The number of allylic oxidation sites excluding steroid dienone is 2. The van der Waals surface area contributed by atoms with Crippen molar-refractivity contribution in [3.63, 3.8) is 0 Å². The average molecular weight is 790 g/mol. The van der Waals surface area contributed by atoms with Crippen LogP contribution in [-0.2, 0) is 53.0 Å². The lowest BCUT2D eigenvalue weighted by molar-refractivity contribution is -0.185. The third kappa shape index (κ3) is 15.0. The van der Waals surface area contributed by atoms with Gasteiger partial charge in [0.25, 0.3) is 0 Å². The fraction of sp³-hybridized carbons (Fsp3) is 0.556. The van der Waals surface area contributed by atoms with Gasteiger partial charge in [-0.05, 0) is 95.5 Å². The minimum atomic E-state index is -1.61. The number of terminal acetylenes is 2. The van der Waals surface area contributed by atoms with Crippen LogP contribution in [0.4, 0.5) is 0 Å². The molecular weight excluding hydrogens is 730 g/mol. The Balaban J connectivity index is 1.59. The lowest BCUT2D eigenvalue weighted by Gasteiger charge is -2.24. The highest BCUT2D eigenvalue weighted by Gasteiger charge is 2.40. The molecule has 1 fully saturated rings. The van der Waals surface area contributed by atoms with Crippen molar-refractivity contribution in [2.45, 2.75) is 129 Å². The van der Waals surface area contributed by atoms with Gasteiger partial charge in [0.1, 0.15) is 19.6 Å². The third-order valence-electron chi connectivity index (χ3n) is 10.4. The molecular formula is C45H59NO11. The molecule has 1 saturated carbocycles. The molecule has 310 valence electrons. The van der Waals surface area contributed by atoms with Crippen LogP contribution in [0.25, 0.3) is 0 Å². The summed E-state index contributed by atoms with van der Waals surface area (Å²) in [6.07, 6.45) is 18.8. The molecule has 3 rings (SSSR count). The van der Waals surface area contributed by atoms with Crippen LogP contribution in [0.1, 0.15) is 100 Å². The van der Waals surface area contributed by atoms with E-state index in [1.165, 1.54) is 26.0 Å². The van der Waals surface area contributed by atoms with Crippen molar-refractivity contribution in [1.29, 1.82) is 0 Å². The highest BCUT2D eigenvalue weighted by molar-refractivity contribution is 5.74. The predicted octanol–water partition coefficient (Wildman–Crippen LogP) is 5.69. The van der Waals surface area contributed by atoms with Gasteiger partial charge in [-0.1, -0.05) is 48.4 Å². The predicted molar refractivity (Wildman–Crippen MR) is 213 cm³/mol. The van der Waals surface area contributed by atoms with Crippen molar-refractivity contribution in [2.24, 2.45) is 17.3 Å². The lowest BCUT2D eigenvalue weighted by atomic mass is 9.85. The Kier molecular flexibility index (Phi) is 18.9. The number of carbonyl (C=O) groups excluding carboxylic acids is 3. The molecule has 57 heavy (non-hydrogen) atoms. The van der Waals surface area contributed by atoms with E-state index in [0.29, 0.717) is 61.8 Å². The smallest absolute Gasteiger partial charge is 0.312 e. The summed E-state index contributed by atoms with van der Waals surface area (Å²) in [7, 11) is 2.61. The molecule has 1 aliphatic rings. The van der Waals surface area contributed by atoms with Gasteiger partial charge in [0.2, 0.25) is 5.79 Å². The maximum atomic E-state index is 13.1. The Morgan fingerprint density at radius 2 is 1.60 bits per heavy atom. The molecule has 3 N–H and O–H groups in total. The molecule has 12 nitrogen and oxygen atoms in total. The quantitative estimate of drug-likeness (QED) is 0.0414. The molecule has 1 heterocycles. The van der Waals surface area contributed by atoms with Crippen LogP contribution in [0.5, 0.6) is 5.75 Å². The van der Waals surface area contributed by atoms with Crippen LogP contribution in [0, 0.1) is 48.9 Å². The number of methoxy groups -OCH3 is 2. The van der Waals surface area contributed by atoms with Crippen LogP contribution in [0.3, 0.4) is 0 Å². The maximum absolute atomic E-state index is 13.1. The number of carbonyl (C=O) groups is 3. The van der Waals surface area contributed by atoms with E-state index in [9.17, 15) is 29.7 Å². The molecule has 0 unspecified atom stereocenters. The van der Waals surface area contributed by atoms with Crippen molar-refractivity contribution in [1.82, 2.24) is 4.98 Å². The molecule has 2 aromatic rings. The summed E-state index contributed by atoms with van der Waals surface area (Å²) in [5, 5.41) is 32.0. The van der Waals surface area contributed by atoms with Gasteiger partial charge >= 0.3 is 17.9 Å². The number of pyridine rings is 1. The number of esters is 3. The number of unbranched alkanes of at least 4 members (excludes halogenated alkanes) is 1. The van der Waals surface area contributed by atoms with Gasteiger partial charge in [-0.2, -0.15) is 0 Å². The van der Waals surface area contributed by atoms with Gasteiger partial charge in [-0.3, -0.25) is 19.4 Å². The molecule has 5 atom stereocenters. The molecule has 0 radical (unpaired) electrons. The van der Waals surface area contributed by atoms with Crippen LogP contribution in [0.2, 0.25) is 0 Å². The molecule has 1 aromatic carbocycles. The van der Waals surface area contributed by atoms with E-state index in [1.807, 2.05) is 42.5 Å². The number of hydrogen-bond acceptors (Lipinski definition) is 12. The number of ether oxygens (including phenoxy) is 5. The SMILES string of the molecule is C#CC(C)(C)CC(=O)OCc1c(COC(=O)CC(C#C)(OC)OC)cnc(C)c1OC(=O)CCC/C=C\C[C@@H]1[C@@H](CC[C@@H](O)CCc2ccccc2)[C@H](O)C[C@@H]1O. The zero-order chi connectivity index (χ0) is 42.0. The van der Waals surface area contributed by atoms with Crippen LogP contribution < -0.4 is 4.74 Å². The number of aryl methyl sites for hydroxylation is 2. The number of hydrogen-bond donors (Lipinski definition) is 3. The minimum Gasteiger partial charge on any atom is -0.461 e. The minimum absolute atomic E-state index is 0.0536. The topological polar surface area (TPSA) is 171 Å². The van der Waals surface area contributed by atoms with E-state index < -0.39 is 53.8 Å². The van der Waals surface area contributed by atoms with Crippen LogP contribution in [0.15, 0.2) is 48.7 Å². The Hall–Kier alpha value is -4.56. The molecule has 0 amide bonds. The number of aliphatic hydroxyl groups excluding tert-OH is 3. The van der Waals surface area contributed by atoms with Crippen molar-refractivity contribution < 1.29 is 53.4 Å². The summed E-state index contributed by atoms with van der Waals surface area (Å²) in [6.45, 7) is 4.49. The summed E-state index contributed by atoms with van der Waals surface area (Å²) in [5.41, 5.74) is 1.42. The second-order valence-corrected chi connectivity index (χ2v) is 15.2. The standard InChI is InChI=1S/C45H59NO11/c1-8-44(4,5)26-41(51)56-30-37-33(29-55-42(52)27-45(9-2,53-6)54-7)28-46-31(3)43(37)57-40(50)20-16-11-10-15-19-35-36(39(49)25-38(35)48)24-23-34(47)22-21-32-17-13-12-14-18-32/h1-2,10,12-15,17-18,28,34-36,38-39,47-49H,11,16,19-27,29-30H2,3-7H3/b15-10-/t34-,35+,36+,38-,39+/m0/s1. The van der Waals surface area contributed by atoms with Crippen molar-refractivity contribution >= 4 is 17.9 Å². The Bertz CT molecular complexity index is 1720. The van der Waals surface area contributed by atoms with E-state index in [-0.39, 0.29) is 43.6 Å². The highest BCUT2D eigenvalue weighted by atomic mass is 16.7. The largest absolute Gasteiger partial charge is 0.461 e. The van der Waals surface area contributed by atoms with E-state index >= 15 is 0 Å². The maximum Gasteiger partial charge on any atom is 0.312 e. The fourth-order valence-corrected chi connectivity index (χ4v) is 6.82. The average Bonchev–Trinajstić information content (AvgIpc) is 3.46. The first-order valence-electron chi connectivity index (χ1n) is 19.4. The van der Waals surface area contributed by atoms with Crippen LogP contribution in [-0.4, -0.2) is 76.5 Å². The van der Waals surface area contributed by atoms with Gasteiger partial charge in [-0.25, -0.2) is 0 Å². The first kappa shape index (κ1) is 46.8. The second kappa shape index (κ2) is 23.0. The Morgan fingerprint density at radius 1 is 0.930 bits per heavy atom. The summed E-state index contributed by atoms with van der Waals surface area (Å²) in [5.74, 6) is 1.23. The van der Waals surface area contributed by atoms with Gasteiger partial charge < -0.3 is 39.0 Å². The molecule has 0 spiro atoms. The van der Waals surface area contributed by atoms with E-state index in [1.54, 1.807) is 20.8 Å². The Morgan fingerprint density at radius 3 is 2.26 bits per heavy atom. The van der Waals surface area contributed by atoms with Crippen molar-refractivity contribution in [2.75, 3.05) is 14.2 Å². The summed E-state index contributed by atoms with van der Waals surface area (Å²) in [6, 6.07) is 10.0. The molecule has 1 aliphatic carbocycles. The number of rotatable bonds is 23. The third-order valence-corrected chi connectivity index (χ3v) is 10.4. The first-order valence-corrected chi connectivity index (χ1v) is 19.4. The van der Waals surface area contributed by atoms with Gasteiger partial charge in [0, 0.05) is 43.4 Å². The number of benzene rings is 1. The van der Waals surface area contributed by atoms with Crippen LogP contribution >= 0.6 is 0 Å². The van der Waals surface area contributed by atoms with Gasteiger partial charge in [-0.15, -0.1) is 12.8 Å². The lowest BCUT2D eigenvalue weighted by Crippen LogP contribution is -2.35. The normalized spacial score (nSPS) is 18.8. The first-order chi connectivity index (χ1) is 27.2. The van der Waals surface area contributed by atoms with Gasteiger partial charge in [0.05, 0.1) is 30.4 Å². The fourth-order valence-electron chi connectivity index (χ4n) is 6.82. The number of aliphatic hydroxyl groups is 3. The molecule has 1 aromatic heterocycles. The molecule has 12 heteroatoms. The molecule has 0 bridgehead atoms. The zero-order valence-corrected chi connectivity index (χ0v) is 33.9. The van der Waals surface area contributed by atoms with E-state index in [2.05, 4.69) is 16.8 Å². The van der Waals surface area contributed by atoms with E-state index in [0.717, 1.165) is 6.42 Å². The Labute approximate surface area is 337 Å². The van der Waals surface area contributed by atoms with Crippen molar-refractivity contribution in [3.8, 4) is 30.4 Å². The second-order valence-electron chi connectivity index (χ2n) is 15.2. The van der Waals surface area contributed by atoms with E-state index in [4.69, 9.17) is 36.5 Å². The van der Waals surface area contributed by atoms with Crippen molar-refractivity contribution in [3.05, 3.63) is 71.1 Å². The monoisotopic (exact) mass is 789 g/mol. The summed E-state index contributed by atoms with van der Waals surface area (Å²) >= 11 is 0. The summed E-state index contributed by atoms with van der Waals surface area (Å²) < 4.78 is 27.1. The summed E-state index contributed by atoms with van der Waals surface area (Å²) in [4.78, 5) is 42.9. The van der Waals surface area contributed by atoms with Gasteiger partial charge in [0.15, 0.2) is 5.75 Å². The molecule has 0 saturated heterocycles. The molecule has 0 aliphatic heterocycles. The highest BCUT2D eigenvalue weighted by Crippen LogP contribution is 2.38. The number of aromatic nitrogens is 1. The number of nitrogens with zero attached hydrogens (tertiary/aromatic N) is 1.